The molecular formula is C33H24N2O. The second-order valence-electron chi connectivity index (χ2n) is 10.0. The van der Waals surface area contributed by atoms with Crippen molar-refractivity contribution in [2.24, 2.45) is 0 Å². The summed E-state index contributed by atoms with van der Waals surface area (Å²) < 4.78 is 2.32. The molecule has 172 valence electrons. The van der Waals surface area contributed by atoms with Gasteiger partial charge in [0.2, 0.25) is 0 Å². The number of aromatic nitrogens is 2. The van der Waals surface area contributed by atoms with Gasteiger partial charge in [0.1, 0.15) is 0 Å². The quantitative estimate of drug-likeness (QED) is 0.251. The lowest BCUT2D eigenvalue weighted by Gasteiger charge is -2.21. The molecule has 0 N–H and O–H groups in total. The Morgan fingerprint density at radius 2 is 1.36 bits per heavy atom. The smallest absolute Gasteiger partial charge is 0.193 e. The van der Waals surface area contributed by atoms with Crippen LogP contribution in [0.2, 0.25) is 0 Å². The topological polar surface area (TPSA) is 34.9 Å². The lowest BCUT2D eigenvalue weighted by molar-refractivity contribution is 0.103. The summed E-state index contributed by atoms with van der Waals surface area (Å²) in [6.07, 6.45) is 3.30. The molecule has 0 spiro atoms. The summed E-state index contributed by atoms with van der Waals surface area (Å²) in [5.74, 6) is 0.00262. The predicted molar refractivity (Wildman–Crippen MR) is 146 cm³/mol. The molecule has 36 heavy (non-hydrogen) atoms. The number of nitrogens with zero attached hydrogens (tertiary/aromatic N) is 2. The molecule has 0 radical (unpaired) electrons. The Balaban J connectivity index is 1.44. The van der Waals surface area contributed by atoms with Crippen LogP contribution in [0.4, 0.5) is 0 Å². The van der Waals surface area contributed by atoms with Crippen molar-refractivity contribution in [2.75, 3.05) is 0 Å². The van der Waals surface area contributed by atoms with Crippen LogP contribution in [0.25, 0.3) is 38.6 Å². The summed E-state index contributed by atoms with van der Waals surface area (Å²) in [7, 11) is 0. The summed E-state index contributed by atoms with van der Waals surface area (Å²) in [5, 5.41) is 2.49. The van der Waals surface area contributed by atoms with Gasteiger partial charge >= 0.3 is 0 Å². The van der Waals surface area contributed by atoms with Crippen LogP contribution in [0.1, 0.15) is 40.9 Å². The van der Waals surface area contributed by atoms with Gasteiger partial charge in [0, 0.05) is 45.4 Å². The highest BCUT2D eigenvalue weighted by Crippen LogP contribution is 2.50. The van der Waals surface area contributed by atoms with Gasteiger partial charge in [-0.15, -0.1) is 0 Å². The molecule has 2 aromatic heterocycles. The van der Waals surface area contributed by atoms with Crippen LogP contribution in [-0.2, 0) is 5.41 Å². The third-order valence-corrected chi connectivity index (χ3v) is 7.71. The number of benzene rings is 4. The zero-order valence-electron chi connectivity index (χ0n) is 20.2. The summed E-state index contributed by atoms with van der Waals surface area (Å²) in [5.41, 5.74) is 10.0. The van der Waals surface area contributed by atoms with E-state index >= 15 is 0 Å². The minimum Gasteiger partial charge on any atom is -0.309 e. The van der Waals surface area contributed by atoms with Crippen LogP contribution in [0, 0.1) is 0 Å². The third-order valence-electron chi connectivity index (χ3n) is 7.71. The highest BCUT2D eigenvalue weighted by atomic mass is 16.1. The minimum absolute atomic E-state index is 0.00262. The Kier molecular flexibility index (Phi) is 4.34. The van der Waals surface area contributed by atoms with E-state index in [2.05, 4.69) is 84.1 Å². The number of carbonyl (C=O) groups is 1. The van der Waals surface area contributed by atoms with Gasteiger partial charge in [-0.2, -0.15) is 0 Å². The van der Waals surface area contributed by atoms with Gasteiger partial charge in [0.15, 0.2) is 5.78 Å². The maximum Gasteiger partial charge on any atom is 0.193 e. The van der Waals surface area contributed by atoms with Crippen molar-refractivity contribution in [3.63, 3.8) is 0 Å². The van der Waals surface area contributed by atoms with E-state index in [1.807, 2.05) is 24.3 Å². The molecule has 1 aliphatic carbocycles. The van der Waals surface area contributed by atoms with E-state index in [-0.39, 0.29) is 11.2 Å². The van der Waals surface area contributed by atoms with E-state index in [1.165, 1.54) is 38.5 Å². The predicted octanol–water partition coefficient (Wildman–Crippen LogP) is 7.72. The molecule has 3 nitrogen and oxygen atoms in total. The van der Waals surface area contributed by atoms with E-state index in [9.17, 15) is 4.79 Å². The second-order valence-corrected chi connectivity index (χ2v) is 10.0. The van der Waals surface area contributed by atoms with Crippen molar-refractivity contribution in [1.29, 1.82) is 0 Å². The van der Waals surface area contributed by atoms with Gasteiger partial charge in [0.05, 0.1) is 11.0 Å². The maximum atomic E-state index is 12.9. The summed E-state index contributed by atoms with van der Waals surface area (Å²) >= 11 is 0. The Morgan fingerprint density at radius 1 is 0.667 bits per heavy atom. The number of fused-ring (bicyclic) bond motifs is 6. The fourth-order valence-corrected chi connectivity index (χ4v) is 5.87. The number of hydrogen-bond donors (Lipinski definition) is 0. The van der Waals surface area contributed by atoms with Gasteiger partial charge in [-0.3, -0.25) is 9.78 Å². The zero-order valence-corrected chi connectivity index (χ0v) is 20.2. The number of ketones is 1. The van der Waals surface area contributed by atoms with Crippen molar-refractivity contribution in [1.82, 2.24) is 9.55 Å². The van der Waals surface area contributed by atoms with E-state index < -0.39 is 0 Å². The molecule has 0 aliphatic heterocycles. The molecule has 4 aromatic carbocycles. The Labute approximate surface area is 209 Å². The molecule has 0 unspecified atom stereocenters. The third kappa shape index (κ3) is 2.86. The molecule has 0 bridgehead atoms. The molecule has 3 heteroatoms. The summed E-state index contributed by atoms with van der Waals surface area (Å²) in [6.45, 7) is 4.64. The van der Waals surface area contributed by atoms with Crippen LogP contribution in [-0.4, -0.2) is 15.3 Å². The van der Waals surface area contributed by atoms with E-state index in [4.69, 9.17) is 0 Å². The number of carbonyl (C=O) groups excluding carboxylic acids is 1. The molecule has 2 heterocycles. The van der Waals surface area contributed by atoms with Crippen LogP contribution >= 0.6 is 0 Å². The standard InChI is InChI=1S/C33H24N2O/c1-33(2)28-9-5-3-7-24(28)26-20-31-27(19-29(26)33)25-8-4-6-10-30(25)35(31)23-13-11-21(12-14-23)32(36)22-15-17-34-18-16-22/h3-20H,1-2H3. The first-order chi connectivity index (χ1) is 17.5. The number of rotatable bonds is 3. The first-order valence-corrected chi connectivity index (χ1v) is 12.3. The SMILES string of the molecule is CC1(C)c2ccccc2-c2cc3c(cc21)c1ccccc1n3-c1ccc(C(=O)c2ccncc2)cc1. The first-order valence-electron chi connectivity index (χ1n) is 12.3. The van der Waals surface area contributed by atoms with Crippen molar-refractivity contribution in [3.8, 4) is 16.8 Å². The summed E-state index contributed by atoms with van der Waals surface area (Å²) in [6, 6.07) is 33.5. The Hall–Kier alpha value is -4.50. The zero-order chi connectivity index (χ0) is 24.4. The van der Waals surface area contributed by atoms with Crippen LogP contribution in [0.3, 0.4) is 0 Å². The summed E-state index contributed by atoms with van der Waals surface area (Å²) in [4.78, 5) is 17.0. The Bertz CT molecular complexity index is 1810. The molecule has 7 rings (SSSR count). The van der Waals surface area contributed by atoms with Gasteiger partial charge in [-0.1, -0.05) is 56.3 Å². The van der Waals surface area contributed by atoms with Crippen molar-refractivity contribution >= 4 is 27.6 Å². The van der Waals surface area contributed by atoms with Crippen LogP contribution in [0.15, 0.2) is 109 Å². The average Bonchev–Trinajstić information content (AvgIpc) is 3.37. The van der Waals surface area contributed by atoms with E-state index in [0.29, 0.717) is 11.1 Å². The van der Waals surface area contributed by atoms with E-state index in [1.54, 1.807) is 24.5 Å². The molecule has 0 amide bonds. The van der Waals surface area contributed by atoms with Crippen LogP contribution in [0.5, 0.6) is 0 Å². The van der Waals surface area contributed by atoms with Crippen molar-refractivity contribution in [3.05, 3.63) is 132 Å². The monoisotopic (exact) mass is 464 g/mol. The van der Waals surface area contributed by atoms with Crippen molar-refractivity contribution < 1.29 is 4.79 Å². The van der Waals surface area contributed by atoms with Gasteiger partial charge in [-0.05, 0) is 76.9 Å². The molecule has 6 aromatic rings. The highest BCUT2D eigenvalue weighted by molar-refractivity contribution is 6.12. The fourth-order valence-electron chi connectivity index (χ4n) is 5.87. The number of para-hydroxylation sites is 1. The van der Waals surface area contributed by atoms with Crippen molar-refractivity contribution in [2.45, 2.75) is 19.3 Å². The molecular weight excluding hydrogens is 440 g/mol. The second kappa shape index (κ2) is 7.50. The van der Waals surface area contributed by atoms with Gasteiger partial charge < -0.3 is 4.57 Å². The largest absolute Gasteiger partial charge is 0.309 e. The molecule has 1 aliphatic rings. The van der Waals surface area contributed by atoms with Crippen LogP contribution < -0.4 is 0 Å². The normalized spacial score (nSPS) is 13.6. The Morgan fingerprint density at radius 3 is 2.17 bits per heavy atom. The highest BCUT2D eigenvalue weighted by Gasteiger charge is 2.36. The fraction of sp³-hybridized carbons (Fsp3) is 0.0909. The molecule has 0 saturated heterocycles. The maximum absolute atomic E-state index is 12.9. The van der Waals surface area contributed by atoms with E-state index in [0.717, 1.165) is 11.2 Å². The number of pyridine rings is 1. The molecule has 0 fully saturated rings. The molecule has 0 saturated carbocycles. The lowest BCUT2D eigenvalue weighted by Crippen LogP contribution is -2.14. The minimum atomic E-state index is -0.0434. The van der Waals surface area contributed by atoms with Gasteiger partial charge in [0.25, 0.3) is 0 Å². The lowest BCUT2D eigenvalue weighted by atomic mass is 9.82. The molecule has 0 atom stereocenters. The van der Waals surface area contributed by atoms with Gasteiger partial charge in [-0.25, -0.2) is 0 Å². The first kappa shape index (κ1) is 20.8. The number of hydrogen-bond acceptors (Lipinski definition) is 2. The average molecular weight is 465 g/mol.